The van der Waals surface area contributed by atoms with E-state index in [9.17, 15) is 4.79 Å². The smallest absolute Gasteiger partial charge is 0.236 e. The number of rotatable bonds is 4. The van der Waals surface area contributed by atoms with E-state index in [1.807, 2.05) is 52.0 Å². The number of anilines is 1. The molecule has 2 aromatic rings. The first-order valence-corrected chi connectivity index (χ1v) is 6.72. The summed E-state index contributed by atoms with van der Waals surface area (Å²) in [6.07, 6.45) is 1.61. The summed E-state index contributed by atoms with van der Waals surface area (Å²) < 4.78 is 1.80. The molecule has 1 aromatic heterocycles. The highest BCUT2D eigenvalue weighted by Crippen LogP contribution is 2.27. The molecule has 1 amide bonds. The van der Waals surface area contributed by atoms with Gasteiger partial charge in [0, 0.05) is 6.54 Å². The maximum absolute atomic E-state index is 12.6. The number of aromatic nitrogens is 3. The van der Waals surface area contributed by atoms with Crippen molar-refractivity contribution in [3.05, 3.63) is 41.7 Å². The molecule has 1 N–H and O–H groups in total. The van der Waals surface area contributed by atoms with Crippen molar-refractivity contribution in [3.8, 4) is 0 Å². The third-order valence-corrected chi connectivity index (χ3v) is 3.57. The summed E-state index contributed by atoms with van der Waals surface area (Å²) in [6, 6.07) is 7.92. The topological polar surface area (TPSA) is 59.8 Å². The normalized spacial score (nSPS) is 11.4. The zero-order valence-corrected chi connectivity index (χ0v) is 12.3. The monoisotopic (exact) mass is 272 g/mol. The van der Waals surface area contributed by atoms with Crippen molar-refractivity contribution in [2.24, 2.45) is 0 Å². The molecule has 0 aliphatic rings. The van der Waals surface area contributed by atoms with Crippen LogP contribution in [0.4, 0.5) is 5.95 Å². The van der Waals surface area contributed by atoms with Crippen LogP contribution in [0.25, 0.3) is 0 Å². The predicted octanol–water partition coefficient (Wildman–Crippen LogP) is 2.52. The summed E-state index contributed by atoms with van der Waals surface area (Å²) in [5.74, 6) is 0.397. The van der Waals surface area contributed by atoms with Crippen molar-refractivity contribution in [3.63, 3.8) is 0 Å². The highest BCUT2D eigenvalue weighted by atomic mass is 16.2. The molecule has 0 saturated heterocycles. The molecule has 5 heteroatoms. The molecular weight excluding hydrogens is 252 g/mol. The van der Waals surface area contributed by atoms with Gasteiger partial charge in [0.2, 0.25) is 11.9 Å². The van der Waals surface area contributed by atoms with Crippen LogP contribution in [0.3, 0.4) is 0 Å². The summed E-state index contributed by atoms with van der Waals surface area (Å²) in [6.45, 7) is 8.53. The van der Waals surface area contributed by atoms with Gasteiger partial charge in [0.1, 0.15) is 6.33 Å². The molecular formula is C15H20N4O. The van der Waals surface area contributed by atoms with E-state index in [4.69, 9.17) is 0 Å². The van der Waals surface area contributed by atoms with Gasteiger partial charge in [-0.05, 0) is 38.8 Å². The zero-order chi connectivity index (χ0) is 14.8. The minimum atomic E-state index is -0.629. The molecule has 0 unspecified atom stereocenters. The number of nitrogens with zero attached hydrogens (tertiary/aromatic N) is 3. The third kappa shape index (κ3) is 2.57. The molecule has 106 valence electrons. The lowest BCUT2D eigenvalue weighted by molar-refractivity contribution is -0.120. The molecule has 0 saturated carbocycles. The first kappa shape index (κ1) is 14.2. The number of hydrogen-bond donors (Lipinski definition) is 1. The molecule has 2 rings (SSSR count). The second kappa shape index (κ2) is 5.45. The fourth-order valence-corrected chi connectivity index (χ4v) is 2.24. The van der Waals surface area contributed by atoms with Crippen LogP contribution in [-0.2, 0) is 16.8 Å². The van der Waals surface area contributed by atoms with Crippen LogP contribution in [0.2, 0.25) is 0 Å². The van der Waals surface area contributed by atoms with E-state index in [0.29, 0.717) is 12.5 Å². The lowest BCUT2D eigenvalue weighted by Crippen LogP contribution is -2.36. The third-order valence-electron chi connectivity index (χ3n) is 3.57. The van der Waals surface area contributed by atoms with Gasteiger partial charge >= 0.3 is 0 Å². The predicted molar refractivity (Wildman–Crippen MR) is 78.5 cm³/mol. The summed E-state index contributed by atoms with van der Waals surface area (Å²) in [4.78, 5) is 12.6. The summed E-state index contributed by atoms with van der Waals surface area (Å²) in [7, 11) is 0. The molecule has 0 atom stereocenters. The maximum Gasteiger partial charge on any atom is 0.236 e. The van der Waals surface area contributed by atoms with Crippen molar-refractivity contribution in [2.75, 3.05) is 5.32 Å². The van der Waals surface area contributed by atoms with Crippen molar-refractivity contribution in [1.29, 1.82) is 0 Å². The number of carbonyl (C=O) groups is 1. The molecule has 0 radical (unpaired) electrons. The average Bonchev–Trinajstić information content (AvgIpc) is 2.86. The van der Waals surface area contributed by atoms with Gasteiger partial charge in [-0.3, -0.25) is 10.1 Å². The van der Waals surface area contributed by atoms with E-state index in [1.165, 1.54) is 0 Å². The van der Waals surface area contributed by atoms with Gasteiger partial charge in [0.15, 0.2) is 0 Å². The van der Waals surface area contributed by atoms with E-state index < -0.39 is 5.41 Å². The van der Waals surface area contributed by atoms with Gasteiger partial charge in [-0.2, -0.15) is 0 Å². The number of benzene rings is 1. The average molecular weight is 272 g/mol. The van der Waals surface area contributed by atoms with Gasteiger partial charge in [0.25, 0.3) is 0 Å². The lowest BCUT2D eigenvalue weighted by Gasteiger charge is -2.25. The SMILES string of the molecule is CCn1cnnc1NC(=O)C(C)(C)c1ccccc1C. The van der Waals surface area contributed by atoms with Crippen molar-refractivity contribution < 1.29 is 4.79 Å². The molecule has 5 nitrogen and oxygen atoms in total. The summed E-state index contributed by atoms with van der Waals surface area (Å²) in [5.41, 5.74) is 1.49. The molecule has 1 heterocycles. The maximum atomic E-state index is 12.6. The van der Waals surface area contributed by atoms with Gasteiger partial charge in [0.05, 0.1) is 5.41 Å². The van der Waals surface area contributed by atoms with Gasteiger partial charge in [-0.25, -0.2) is 0 Å². The molecule has 0 aliphatic carbocycles. The number of hydrogen-bond acceptors (Lipinski definition) is 3. The van der Waals surface area contributed by atoms with E-state index >= 15 is 0 Å². The van der Waals surface area contributed by atoms with Crippen molar-refractivity contribution in [1.82, 2.24) is 14.8 Å². The van der Waals surface area contributed by atoms with E-state index in [2.05, 4.69) is 15.5 Å². The number of nitrogens with one attached hydrogen (secondary N) is 1. The van der Waals surface area contributed by atoms with Crippen LogP contribution in [-0.4, -0.2) is 20.7 Å². The van der Waals surface area contributed by atoms with Crippen LogP contribution < -0.4 is 5.32 Å². The molecule has 0 bridgehead atoms. The number of aryl methyl sites for hydroxylation is 2. The van der Waals surface area contributed by atoms with Crippen LogP contribution >= 0.6 is 0 Å². The second-order valence-electron chi connectivity index (χ2n) is 5.33. The quantitative estimate of drug-likeness (QED) is 0.930. The zero-order valence-electron chi connectivity index (χ0n) is 12.3. The van der Waals surface area contributed by atoms with Crippen LogP contribution in [0.15, 0.2) is 30.6 Å². The molecule has 0 aliphatic heterocycles. The Bertz CT molecular complexity index is 616. The Morgan fingerprint density at radius 2 is 2.05 bits per heavy atom. The highest BCUT2D eigenvalue weighted by Gasteiger charge is 2.31. The molecule has 0 spiro atoms. The van der Waals surface area contributed by atoms with E-state index in [1.54, 1.807) is 10.9 Å². The molecule has 1 aromatic carbocycles. The van der Waals surface area contributed by atoms with E-state index in [0.717, 1.165) is 11.1 Å². The Balaban J connectivity index is 2.26. The van der Waals surface area contributed by atoms with Gasteiger partial charge < -0.3 is 4.57 Å². The van der Waals surface area contributed by atoms with Crippen molar-refractivity contribution in [2.45, 2.75) is 39.7 Å². The summed E-state index contributed by atoms with van der Waals surface area (Å²) in [5, 5.41) is 10.6. The Morgan fingerprint density at radius 1 is 1.35 bits per heavy atom. The van der Waals surface area contributed by atoms with Crippen LogP contribution in [0, 0.1) is 6.92 Å². The lowest BCUT2D eigenvalue weighted by atomic mass is 9.81. The number of carbonyl (C=O) groups excluding carboxylic acids is 1. The van der Waals surface area contributed by atoms with Gasteiger partial charge in [-0.15, -0.1) is 10.2 Å². The van der Waals surface area contributed by atoms with Gasteiger partial charge in [-0.1, -0.05) is 24.3 Å². The Hall–Kier alpha value is -2.17. The first-order valence-electron chi connectivity index (χ1n) is 6.72. The van der Waals surface area contributed by atoms with E-state index in [-0.39, 0.29) is 5.91 Å². The standard InChI is InChI=1S/C15H20N4O/c1-5-19-10-16-18-14(19)17-13(20)15(3,4)12-9-7-6-8-11(12)2/h6-10H,5H2,1-4H3,(H,17,18,20). The fraction of sp³-hybridized carbons (Fsp3) is 0.400. The Kier molecular flexibility index (Phi) is 3.88. The summed E-state index contributed by atoms with van der Waals surface area (Å²) >= 11 is 0. The second-order valence-corrected chi connectivity index (χ2v) is 5.33. The minimum absolute atomic E-state index is 0.0884. The minimum Gasteiger partial charge on any atom is -0.300 e. The van der Waals surface area contributed by atoms with Crippen LogP contribution in [0.5, 0.6) is 0 Å². The first-order chi connectivity index (χ1) is 9.46. The largest absolute Gasteiger partial charge is 0.300 e. The van der Waals surface area contributed by atoms with Crippen LogP contribution in [0.1, 0.15) is 31.9 Å². The molecule has 20 heavy (non-hydrogen) atoms. The fourth-order valence-electron chi connectivity index (χ4n) is 2.24. The highest BCUT2D eigenvalue weighted by molar-refractivity contribution is 5.97. The van der Waals surface area contributed by atoms with Crippen molar-refractivity contribution >= 4 is 11.9 Å². The Labute approximate surface area is 119 Å². The number of amides is 1. The molecule has 0 fully saturated rings. The Morgan fingerprint density at radius 3 is 2.70 bits per heavy atom.